The lowest BCUT2D eigenvalue weighted by Gasteiger charge is -2.12. The average Bonchev–Trinajstić information content (AvgIpc) is 2.41. The molecule has 102 valence electrons. The second-order valence-corrected chi connectivity index (χ2v) is 4.22. The van der Waals surface area contributed by atoms with Crippen LogP contribution in [0.2, 0.25) is 0 Å². The molecule has 0 unspecified atom stereocenters. The number of hydrogen-bond acceptors (Lipinski definition) is 2. The van der Waals surface area contributed by atoms with Gasteiger partial charge in [0, 0.05) is 0 Å². The van der Waals surface area contributed by atoms with Crippen LogP contribution in [0.3, 0.4) is 0 Å². The van der Waals surface area contributed by atoms with Crippen molar-refractivity contribution in [3.63, 3.8) is 0 Å². The van der Waals surface area contributed by atoms with Crippen LogP contribution < -0.4 is 4.74 Å². The quantitative estimate of drug-likeness (QED) is 0.798. The molecule has 0 radical (unpaired) electrons. The second kappa shape index (κ2) is 5.25. The molecule has 2 nitrogen and oxygen atoms in total. The van der Waals surface area contributed by atoms with Crippen molar-refractivity contribution in [1.29, 1.82) is 5.26 Å². The van der Waals surface area contributed by atoms with E-state index in [9.17, 15) is 13.2 Å². The van der Waals surface area contributed by atoms with E-state index in [1.165, 1.54) is 6.07 Å². The van der Waals surface area contributed by atoms with Gasteiger partial charge in [-0.1, -0.05) is 0 Å². The molecule has 0 bridgehead atoms. The first-order valence-corrected chi connectivity index (χ1v) is 5.76. The van der Waals surface area contributed by atoms with Gasteiger partial charge in [0.05, 0.1) is 17.2 Å². The Balaban J connectivity index is 2.23. The summed E-state index contributed by atoms with van der Waals surface area (Å²) in [4.78, 5) is 0. The van der Waals surface area contributed by atoms with Gasteiger partial charge in [0.2, 0.25) is 0 Å². The molecule has 0 aliphatic heterocycles. The van der Waals surface area contributed by atoms with Crippen molar-refractivity contribution in [3.8, 4) is 17.6 Å². The van der Waals surface area contributed by atoms with E-state index in [1.54, 1.807) is 31.2 Å². The van der Waals surface area contributed by atoms with E-state index in [1.807, 2.05) is 6.07 Å². The molecule has 0 amide bonds. The summed E-state index contributed by atoms with van der Waals surface area (Å²) in [7, 11) is 0. The van der Waals surface area contributed by atoms with Gasteiger partial charge in [-0.25, -0.2) is 0 Å². The molecule has 5 heteroatoms. The Hall–Kier alpha value is -2.48. The summed E-state index contributed by atoms with van der Waals surface area (Å²) in [5, 5.41) is 8.67. The van der Waals surface area contributed by atoms with Gasteiger partial charge in [0.15, 0.2) is 0 Å². The van der Waals surface area contributed by atoms with E-state index < -0.39 is 11.7 Å². The Labute approximate surface area is 114 Å². The summed E-state index contributed by atoms with van der Waals surface area (Å²) in [6.45, 7) is 1.55. The summed E-state index contributed by atoms with van der Waals surface area (Å²) in [6.07, 6.45) is -4.36. The van der Waals surface area contributed by atoms with Gasteiger partial charge >= 0.3 is 6.18 Å². The molecular formula is C15H10F3NO. The number of benzene rings is 2. The zero-order valence-electron chi connectivity index (χ0n) is 10.5. The zero-order valence-corrected chi connectivity index (χ0v) is 10.5. The van der Waals surface area contributed by atoms with Crippen molar-refractivity contribution < 1.29 is 17.9 Å². The van der Waals surface area contributed by atoms with Crippen LogP contribution in [-0.4, -0.2) is 0 Å². The number of aryl methyl sites for hydroxylation is 1. The Morgan fingerprint density at radius 2 is 1.70 bits per heavy atom. The van der Waals surface area contributed by atoms with Gasteiger partial charge in [-0.2, -0.15) is 18.4 Å². The number of alkyl halides is 3. The highest BCUT2D eigenvalue weighted by atomic mass is 19.4. The van der Waals surface area contributed by atoms with Crippen LogP contribution in [0.1, 0.15) is 16.7 Å². The molecule has 0 saturated heterocycles. The minimum atomic E-state index is -4.36. The van der Waals surface area contributed by atoms with Gasteiger partial charge in [-0.3, -0.25) is 0 Å². The molecule has 2 rings (SSSR count). The highest BCUT2D eigenvalue weighted by Crippen LogP contribution is 2.33. The minimum absolute atomic E-state index is 0.350. The fourth-order valence-corrected chi connectivity index (χ4v) is 1.66. The van der Waals surface area contributed by atoms with Gasteiger partial charge in [0.1, 0.15) is 11.5 Å². The first-order chi connectivity index (χ1) is 9.40. The van der Waals surface area contributed by atoms with Crippen molar-refractivity contribution in [2.24, 2.45) is 0 Å². The average molecular weight is 277 g/mol. The Kier molecular flexibility index (Phi) is 3.66. The maximum atomic E-state index is 12.5. The van der Waals surface area contributed by atoms with Gasteiger partial charge in [-0.15, -0.1) is 0 Å². The number of nitrogens with zero attached hydrogens (tertiary/aromatic N) is 1. The molecule has 0 saturated carbocycles. The smallest absolute Gasteiger partial charge is 0.416 e. The van der Waals surface area contributed by atoms with Crippen molar-refractivity contribution in [3.05, 3.63) is 59.2 Å². The molecule has 0 atom stereocenters. The van der Waals surface area contributed by atoms with Crippen molar-refractivity contribution >= 4 is 0 Å². The molecule has 0 fully saturated rings. The summed E-state index contributed by atoms with van der Waals surface area (Å²) in [6, 6.07) is 11.6. The van der Waals surface area contributed by atoms with E-state index in [0.29, 0.717) is 22.6 Å². The first kappa shape index (κ1) is 13.9. The third-order valence-electron chi connectivity index (χ3n) is 2.71. The molecule has 0 N–H and O–H groups in total. The van der Waals surface area contributed by atoms with Crippen LogP contribution in [0.5, 0.6) is 11.5 Å². The molecule has 0 heterocycles. The first-order valence-electron chi connectivity index (χ1n) is 5.76. The number of hydrogen-bond donors (Lipinski definition) is 0. The Bertz CT molecular complexity index is 654. The lowest BCUT2D eigenvalue weighted by Crippen LogP contribution is -2.05. The molecule has 0 spiro atoms. The predicted octanol–water partition coefficient (Wildman–Crippen LogP) is 4.68. The monoisotopic (exact) mass is 277 g/mol. The molecule has 0 aliphatic rings. The van der Waals surface area contributed by atoms with Gasteiger partial charge in [-0.05, 0) is 55.0 Å². The molecule has 0 aromatic heterocycles. The maximum absolute atomic E-state index is 12.5. The third kappa shape index (κ3) is 3.09. The summed E-state index contributed by atoms with van der Waals surface area (Å²) in [5.74, 6) is 0.814. The standard InChI is InChI=1S/C15H10F3NO/c1-10-8-12(15(16,17)18)4-7-14(10)20-13-5-2-11(9-19)3-6-13/h2-8H,1H3. The molecular weight excluding hydrogens is 267 g/mol. The zero-order chi connectivity index (χ0) is 14.8. The van der Waals surface area contributed by atoms with E-state index >= 15 is 0 Å². The van der Waals surface area contributed by atoms with Crippen LogP contribution in [0, 0.1) is 18.3 Å². The molecule has 0 aliphatic carbocycles. The topological polar surface area (TPSA) is 33.0 Å². The van der Waals surface area contributed by atoms with E-state index in [4.69, 9.17) is 10.00 Å². The van der Waals surface area contributed by atoms with Crippen LogP contribution >= 0.6 is 0 Å². The van der Waals surface area contributed by atoms with Crippen LogP contribution in [0.25, 0.3) is 0 Å². The lowest BCUT2D eigenvalue weighted by atomic mass is 10.1. The minimum Gasteiger partial charge on any atom is -0.457 e. The largest absolute Gasteiger partial charge is 0.457 e. The predicted molar refractivity (Wildman–Crippen MR) is 67.4 cm³/mol. The van der Waals surface area contributed by atoms with Crippen LogP contribution in [-0.2, 0) is 6.18 Å². The fraction of sp³-hybridized carbons (Fsp3) is 0.133. The number of rotatable bonds is 2. The second-order valence-electron chi connectivity index (χ2n) is 4.22. The Morgan fingerprint density at radius 1 is 1.05 bits per heavy atom. The third-order valence-corrected chi connectivity index (χ3v) is 2.71. The van der Waals surface area contributed by atoms with Crippen molar-refractivity contribution in [2.75, 3.05) is 0 Å². The number of ether oxygens (including phenoxy) is 1. The van der Waals surface area contributed by atoms with Crippen molar-refractivity contribution in [1.82, 2.24) is 0 Å². The van der Waals surface area contributed by atoms with E-state index in [2.05, 4.69) is 0 Å². The maximum Gasteiger partial charge on any atom is 0.416 e. The molecule has 20 heavy (non-hydrogen) atoms. The van der Waals surface area contributed by atoms with E-state index in [0.717, 1.165) is 12.1 Å². The van der Waals surface area contributed by atoms with Crippen LogP contribution in [0.15, 0.2) is 42.5 Å². The van der Waals surface area contributed by atoms with Crippen LogP contribution in [0.4, 0.5) is 13.2 Å². The highest BCUT2D eigenvalue weighted by Gasteiger charge is 2.30. The SMILES string of the molecule is Cc1cc(C(F)(F)F)ccc1Oc1ccc(C#N)cc1. The van der Waals surface area contributed by atoms with Gasteiger partial charge < -0.3 is 4.74 Å². The Morgan fingerprint density at radius 3 is 2.20 bits per heavy atom. The highest BCUT2D eigenvalue weighted by molar-refractivity contribution is 5.42. The van der Waals surface area contributed by atoms with Gasteiger partial charge in [0.25, 0.3) is 0 Å². The normalized spacial score (nSPS) is 10.9. The van der Waals surface area contributed by atoms with Crippen molar-refractivity contribution in [2.45, 2.75) is 13.1 Å². The fourth-order valence-electron chi connectivity index (χ4n) is 1.66. The molecule has 2 aromatic carbocycles. The number of halogens is 3. The van der Waals surface area contributed by atoms with E-state index in [-0.39, 0.29) is 0 Å². The summed E-state index contributed by atoms with van der Waals surface area (Å²) < 4.78 is 43.1. The summed E-state index contributed by atoms with van der Waals surface area (Å²) in [5.41, 5.74) is 0.174. The summed E-state index contributed by atoms with van der Waals surface area (Å²) >= 11 is 0. The number of nitriles is 1. The molecule has 2 aromatic rings. The lowest BCUT2D eigenvalue weighted by molar-refractivity contribution is -0.137.